The minimum absolute atomic E-state index is 0.0832. The van der Waals surface area contributed by atoms with Gasteiger partial charge < -0.3 is 25.7 Å². The molecule has 146 valence electrons. The van der Waals surface area contributed by atoms with Crippen LogP contribution in [0, 0.1) is 12.8 Å². The van der Waals surface area contributed by atoms with Crippen LogP contribution in [0.15, 0.2) is 22.6 Å². The van der Waals surface area contributed by atoms with E-state index in [0.717, 1.165) is 42.5 Å². The second kappa shape index (κ2) is 8.43. The van der Waals surface area contributed by atoms with Crippen molar-refractivity contribution >= 4 is 28.6 Å². The fourth-order valence-electron chi connectivity index (χ4n) is 3.71. The predicted octanol–water partition coefficient (Wildman–Crippen LogP) is 2.62. The highest BCUT2D eigenvalue weighted by molar-refractivity contribution is 6.00. The highest BCUT2D eigenvalue weighted by atomic mass is 16.3. The maximum Gasteiger partial charge on any atom is 0.319 e. The van der Waals surface area contributed by atoms with Gasteiger partial charge in [0.25, 0.3) is 0 Å². The van der Waals surface area contributed by atoms with E-state index in [-0.39, 0.29) is 17.9 Å². The van der Waals surface area contributed by atoms with Crippen molar-refractivity contribution in [1.82, 2.24) is 10.2 Å². The molecule has 0 spiro atoms. The molecule has 3 rings (SSSR count). The minimum Gasteiger partial charge on any atom is -0.459 e. The SMILES string of the molecule is CCc1oc2c(NC(=O)NCCN3CCCC(C(N)=O)C3)cccc2c1C. The van der Waals surface area contributed by atoms with E-state index in [4.69, 9.17) is 10.2 Å². The number of nitrogens with zero attached hydrogens (tertiary/aromatic N) is 1. The lowest BCUT2D eigenvalue weighted by Gasteiger charge is -2.31. The van der Waals surface area contributed by atoms with E-state index in [9.17, 15) is 9.59 Å². The van der Waals surface area contributed by atoms with Crippen LogP contribution in [-0.2, 0) is 11.2 Å². The molecule has 7 nitrogen and oxygen atoms in total. The third kappa shape index (κ3) is 4.42. The van der Waals surface area contributed by atoms with Crippen molar-refractivity contribution in [2.45, 2.75) is 33.1 Å². The van der Waals surface area contributed by atoms with Gasteiger partial charge in [-0.15, -0.1) is 0 Å². The van der Waals surface area contributed by atoms with Crippen LogP contribution in [0.2, 0.25) is 0 Å². The van der Waals surface area contributed by atoms with Crippen LogP contribution in [0.5, 0.6) is 0 Å². The number of likely N-dealkylation sites (tertiary alicyclic amines) is 1. The molecule has 3 amide bonds. The Kier molecular flexibility index (Phi) is 6.01. The Hall–Kier alpha value is -2.54. The molecular weight excluding hydrogens is 344 g/mol. The first-order valence-electron chi connectivity index (χ1n) is 9.57. The number of rotatable bonds is 6. The summed E-state index contributed by atoms with van der Waals surface area (Å²) in [6.45, 7) is 6.88. The lowest BCUT2D eigenvalue weighted by Crippen LogP contribution is -2.44. The summed E-state index contributed by atoms with van der Waals surface area (Å²) in [6, 6.07) is 5.49. The fourth-order valence-corrected chi connectivity index (χ4v) is 3.71. The van der Waals surface area contributed by atoms with Crippen LogP contribution < -0.4 is 16.4 Å². The maximum absolute atomic E-state index is 12.3. The van der Waals surface area contributed by atoms with Gasteiger partial charge in [-0.2, -0.15) is 0 Å². The Morgan fingerprint density at radius 2 is 2.19 bits per heavy atom. The van der Waals surface area contributed by atoms with Crippen LogP contribution in [0.4, 0.5) is 10.5 Å². The lowest BCUT2D eigenvalue weighted by atomic mass is 9.97. The number of primary amides is 1. The minimum atomic E-state index is -0.266. The van der Waals surface area contributed by atoms with Crippen molar-refractivity contribution in [1.29, 1.82) is 0 Å². The quantitative estimate of drug-likeness (QED) is 0.725. The molecule has 1 unspecified atom stereocenters. The third-order valence-electron chi connectivity index (χ3n) is 5.25. The number of aryl methyl sites for hydroxylation is 2. The van der Waals surface area contributed by atoms with E-state index in [1.54, 1.807) is 0 Å². The molecule has 4 N–H and O–H groups in total. The lowest BCUT2D eigenvalue weighted by molar-refractivity contribution is -0.123. The van der Waals surface area contributed by atoms with Crippen molar-refractivity contribution in [2.75, 3.05) is 31.5 Å². The summed E-state index contributed by atoms with van der Waals surface area (Å²) in [5, 5.41) is 6.77. The zero-order valence-corrected chi connectivity index (χ0v) is 16.0. The Balaban J connectivity index is 1.54. The number of carbonyl (C=O) groups excluding carboxylic acids is 2. The van der Waals surface area contributed by atoms with E-state index >= 15 is 0 Å². The molecule has 27 heavy (non-hydrogen) atoms. The molecule has 7 heteroatoms. The van der Waals surface area contributed by atoms with Gasteiger partial charge in [0.2, 0.25) is 5.91 Å². The number of fused-ring (bicyclic) bond motifs is 1. The molecule has 0 aliphatic carbocycles. The number of nitrogens with one attached hydrogen (secondary N) is 2. The van der Waals surface area contributed by atoms with Crippen molar-refractivity contribution in [3.8, 4) is 0 Å². The van der Waals surface area contributed by atoms with Crippen LogP contribution in [0.1, 0.15) is 31.1 Å². The summed E-state index contributed by atoms with van der Waals surface area (Å²) in [5.41, 5.74) is 7.90. The number of piperidine rings is 1. The molecule has 2 aromatic rings. The second-order valence-electron chi connectivity index (χ2n) is 7.11. The van der Waals surface area contributed by atoms with Crippen LogP contribution >= 0.6 is 0 Å². The smallest absolute Gasteiger partial charge is 0.319 e. The molecule has 2 heterocycles. The summed E-state index contributed by atoms with van der Waals surface area (Å²) < 4.78 is 5.92. The highest BCUT2D eigenvalue weighted by Gasteiger charge is 2.23. The first kappa shape index (κ1) is 19.2. The number of urea groups is 1. The van der Waals surface area contributed by atoms with E-state index in [1.165, 1.54) is 0 Å². The fraction of sp³-hybridized carbons (Fsp3) is 0.500. The van der Waals surface area contributed by atoms with E-state index in [2.05, 4.69) is 15.5 Å². The van der Waals surface area contributed by atoms with Gasteiger partial charge in [0.15, 0.2) is 5.58 Å². The number of anilines is 1. The number of hydrogen-bond acceptors (Lipinski definition) is 4. The van der Waals surface area contributed by atoms with Crippen molar-refractivity contribution in [3.05, 3.63) is 29.5 Å². The molecular formula is C20H28N4O3. The molecule has 0 saturated carbocycles. The third-order valence-corrected chi connectivity index (χ3v) is 5.25. The van der Waals surface area contributed by atoms with Crippen LogP contribution in [0.25, 0.3) is 11.0 Å². The average molecular weight is 372 g/mol. The Labute approximate surface area is 159 Å². The van der Waals surface area contributed by atoms with Crippen LogP contribution in [0.3, 0.4) is 0 Å². The van der Waals surface area contributed by atoms with Gasteiger partial charge in [0, 0.05) is 31.4 Å². The summed E-state index contributed by atoms with van der Waals surface area (Å²) in [7, 11) is 0. The number of nitrogens with two attached hydrogens (primary N) is 1. The standard InChI is InChI=1S/C20H28N4O3/c1-3-17-13(2)15-7-4-8-16(18(15)27-17)23-20(26)22-9-11-24-10-5-6-14(12-24)19(21)25/h4,7-8,14H,3,5-6,9-12H2,1-2H3,(H2,21,25)(H2,22,23,26). The second-order valence-corrected chi connectivity index (χ2v) is 7.11. The molecule has 1 aromatic heterocycles. The number of para-hydroxylation sites is 1. The first-order chi connectivity index (χ1) is 13.0. The van der Waals surface area contributed by atoms with Gasteiger partial charge in [-0.3, -0.25) is 4.79 Å². The van der Waals surface area contributed by atoms with Gasteiger partial charge >= 0.3 is 6.03 Å². The van der Waals surface area contributed by atoms with Crippen molar-refractivity contribution < 1.29 is 14.0 Å². The summed E-state index contributed by atoms with van der Waals surface area (Å²) >= 11 is 0. The number of benzene rings is 1. The summed E-state index contributed by atoms with van der Waals surface area (Å²) in [6.07, 6.45) is 2.62. The maximum atomic E-state index is 12.3. The molecule has 0 bridgehead atoms. The van der Waals surface area contributed by atoms with E-state index in [1.807, 2.05) is 32.0 Å². The molecule has 1 aliphatic rings. The molecule has 0 radical (unpaired) electrons. The molecule has 1 aromatic carbocycles. The molecule has 1 saturated heterocycles. The van der Waals surface area contributed by atoms with E-state index in [0.29, 0.717) is 30.9 Å². The first-order valence-corrected chi connectivity index (χ1v) is 9.57. The number of furan rings is 1. The molecule has 1 fully saturated rings. The summed E-state index contributed by atoms with van der Waals surface area (Å²) in [4.78, 5) is 25.8. The number of amides is 3. The van der Waals surface area contributed by atoms with Gasteiger partial charge in [-0.05, 0) is 37.9 Å². The topological polar surface area (TPSA) is 101 Å². The number of carbonyl (C=O) groups is 2. The zero-order chi connectivity index (χ0) is 19.4. The molecule has 1 atom stereocenters. The average Bonchev–Trinajstić information content (AvgIpc) is 2.99. The highest BCUT2D eigenvalue weighted by Crippen LogP contribution is 2.31. The Bertz CT molecular complexity index is 830. The van der Waals surface area contributed by atoms with Gasteiger partial charge in [0.1, 0.15) is 5.76 Å². The van der Waals surface area contributed by atoms with Gasteiger partial charge in [-0.1, -0.05) is 19.1 Å². The van der Waals surface area contributed by atoms with Crippen LogP contribution in [-0.4, -0.2) is 43.0 Å². The zero-order valence-electron chi connectivity index (χ0n) is 16.0. The van der Waals surface area contributed by atoms with Gasteiger partial charge in [-0.25, -0.2) is 4.79 Å². The van der Waals surface area contributed by atoms with Crippen molar-refractivity contribution in [2.24, 2.45) is 11.7 Å². The Morgan fingerprint density at radius 1 is 1.37 bits per heavy atom. The monoisotopic (exact) mass is 372 g/mol. The van der Waals surface area contributed by atoms with Crippen molar-refractivity contribution in [3.63, 3.8) is 0 Å². The molecule has 1 aliphatic heterocycles. The van der Waals surface area contributed by atoms with Gasteiger partial charge in [0.05, 0.1) is 11.6 Å². The Morgan fingerprint density at radius 3 is 2.93 bits per heavy atom. The van der Waals surface area contributed by atoms with E-state index < -0.39 is 0 Å². The normalized spacial score (nSPS) is 17.8. The summed E-state index contributed by atoms with van der Waals surface area (Å²) in [5.74, 6) is 0.618. The largest absolute Gasteiger partial charge is 0.459 e. The number of hydrogen-bond donors (Lipinski definition) is 3. The predicted molar refractivity (Wildman–Crippen MR) is 106 cm³/mol.